The second kappa shape index (κ2) is 8.31. The van der Waals surface area contributed by atoms with Gasteiger partial charge in [-0.15, -0.1) is 5.10 Å². The molecule has 28 heavy (non-hydrogen) atoms. The van der Waals surface area contributed by atoms with Crippen LogP contribution in [0.3, 0.4) is 0 Å². The minimum atomic E-state index is -0.752. The number of benzene rings is 2. The van der Waals surface area contributed by atoms with Crippen LogP contribution in [0.25, 0.3) is 0 Å². The standard InChI is InChI=1S/C17H14N4O6S/c22-14-7-6-11(8-13(14)21(24)25)18-15(23)9-20-17(28)27-16(19-20)10-26-12-4-2-1-3-5-12/h1-8,22H,9-10H2,(H,18,23). The fourth-order valence-electron chi connectivity index (χ4n) is 2.25. The van der Waals surface area contributed by atoms with Crippen LogP contribution in [0, 0.1) is 15.0 Å². The smallest absolute Gasteiger partial charge is 0.312 e. The molecular weight excluding hydrogens is 388 g/mol. The number of hydrogen-bond acceptors (Lipinski definition) is 8. The van der Waals surface area contributed by atoms with Crippen LogP contribution in [0.5, 0.6) is 11.5 Å². The number of hydrogen-bond donors (Lipinski definition) is 2. The number of phenolic OH excluding ortho intramolecular Hbond substituents is 1. The molecule has 11 heteroatoms. The first-order chi connectivity index (χ1) is 13.4. The molecule has 0 aliphatic rings. The van der Waals surface area contributed by atoms with Gasteiger partial charge < -0.3 is 19.6 Å². The lowest BCUT2D eigenvalue weighted by Crippen LogP contribution is -2.19. The molecule has 1 aromatic heterocycles. The predicted molar refractivity (Wildman–Crippen MR) is 99.5 cm³/mol. The van der Waals surface area contributed by atoms with E-state index in [0.29, 0.717) is 5.75 Å². The number of carbonyl (C=O) groups is 1. The first kappa shape index (κ1) is 19.0. The maximum atomic E-state index is 12.2. The van der Waals surface area contributed by atoms with Crippen LogP contribution in [-0.2, 0) is 17.9 Å². The van der Waals surface area contributed by atoms with E-state index >= 15 is 0 Å². The van der Waals surface area contributed by atoms with Crippen LogP contribution in [0.1, 0.15) is 5.89 Å². The Kier molecular flexibility index (Phi) is 5.65. The van der Waals surface area contributed by atoms with Gasteiger partial charge in [0, 0.05) is 11.8 Å². The molecule has 0 saturated carbocycles. The quantitative estimate of drug-likeness (QED) is 0.267. The normalized spacial score (nSPS) is 10.4. The van der Waals surface area contributed by atoms with E-state index in [0.717, 1.165) is 12.1 Å². The van der Waals surface area contributed by atoms with Crippen molar-refractivity contribution in [1.82, 2.24) is 9.78 Å². The van der Waals surface area contributed by atoms with Crippen LogP contribution >= 0.6 is 12.2 Å². The van der Waals surface area contributed by atoms with E-state index in [1.807, 2.05) is 18.2 Å². The van der Waals surface area contributed by atoms with Gasteiger partial charge in [0.2, 0.25) is 5.91 Å². The Balaban J connectivity index is 1.63. The van der Waals surface area contributed by atoms with E-state index in [4.69, 9.17) is 21.4 Å². The summed E-state index contributed by atoms with van der Waals surface area (Å²) in [7, 11) is 0. The fraction of sp³-hybridized carbons (Fsp3) is 0.118. The van der Waals surface area contributed by atoms with Crippen LogP contribution in [-0.4, -0.2) is 25.7 Å². The van der Waals surface area contributed by atoms with Crippen molar-refractivity contribution in [3.63, 3.8) is 0 Å². The van der Waals surface area contributed by atoms with E-state index in [1.165, 1.54) is 10.7 Å². The van der Waals surface area contributed by atoms with Crippen molar-refractivity contribution in [3.8, 4) is 11.5 Å². The number of aromatic nitrogens is 2. The number of carbonyl (C=O) groups excluding carboxylic acids is 1. The van der Waals surface area contributed by atoms with Crippen LogP contribution in [0.4, 0.5) is 11.4 Å². The van der Waals surface area contributed by atoms with E-state index < -0.39 is 22.3 Å². The van der Waals surface area contributed by atoms with Gasteiger partial charge in [-0.1, -0.05) is 18.2 Å². The summed E-state index contributed by atoms with van der Waals surface area (Å²) in [5.74, 6) is -0.198. The Hall–Kier alpha value is -3.73. The maximum Gasteiger partial charge on any atom is 0.312 e. The molecular formula is C17H14N4O6S. The molecule has 3 aromatic rings. The van der Waals surface area contributed by atoms with Crippen molar-refractivity contribution in [3.05, 3.63) is 69.4 Å². The average molecular weight is 402 g/mol. The molecule has 10 nitrogen and oxygen atoms in total. The number of amides is 1. The van der Waals surface area contributed by atoms with E-state index in [1.54, 1.807) is 12.1 Å². The van der Waals surface area contributed by atoms with E-state index in [-0.39, 0.29) is 29.6 Å². The number of nitrogens with zero attached hydrogens (tertiary/aromatic N) is 3. The Morgan fingerprint density at radius 1 is 1.32 bits per heavy atom. The van der Waals surface area contributed by atoms with Gasteiger partial charge in [0.25, 0.3) is 10.7 Å². The van der Waals surface area contributed by atoms with Crippen molar-refractivity contribution in [1.29, 1.82) is 0 Å². The Morgan fingerprint density at radius 3 is 2.79 bits per heavy atom. The molecule has 0 fully saturated rings. The van der Waals surface area contributed by atoms with Gasteiger partial charge in [0.1, 0.15) is 12.3 Å². The maximum absolute atomic E-state index is 12.2. The van der Waals surface area contributed by atoms with Gasteiger partial charge in [0.05, 0.1) is 4.92 Å². The van der Waals surface area contributed by atoms with Crippen molar-refractivity contribution in [2.24, 2.45) is 0 Å². The molecule has 0 aliphatic carbocycles. The minimum absolute atomic E-state index is 0.0153. The Morgan fingerprint density at radius 2 is 2.07 bits per heavy atom. The summed E-state index contributed by atoms with van der Waals surface area (Å²) in [6, 6.07) is 12.5. The first-order valence-corrected chi connectivity index (χ1v) is 8.35. The monoisotopic (exact) mass is 402 g/mol. The third-order valence-corrected chi connectivity index (χ3v) is 3.80. The summed E-state index contributed by atoms with van der Waals surface area (Å²) in [6.45, 7) is -0.227. The number of nitro benzene ring substituents is 1. The van der Waals surface area contributed by atoms with E-state index in [9.17, 15) is 20.0 Å². The highest BCUT2D eigenvalue weighted by Gasteiger charge is 2.16. The van der Waals surface area contributed by atoms with Gasteiger partial charge in [-0.2, -0.15) is 0 Å². The Labute approximate surface area is 163 Å². The first-order valence-electron chi connectivity index (χ1n) is 7.94. The molecule has 0 bridgehead atoms. The highest BCUT2D eigenvalue weighted by Crippen LogP contribution is 2.28. The van der Waals surface area contributed by atoms with Crippen molar-refractivity contribution in [2.45, 2.75) is 13.2 Å². The van der Waals surface area contributed by atoms with Crippen LogP contribution < -0.4 is 10.1 Å². The summed E-state index contributed by atoms with van der Waals surface area (Å²) < 4.78 is 12.0. The third-order valence-electron chi connectivity index (χ3n) is 3.50. The number of phenols is 1. The predicted octanol–water partition coefficient (Wildman–Crippen LogP) is 3.04. The molecule has 2 aromatic carbocycles. The zero-order chi connectivity index (χ0) is 20.1. The van der Waals surface area contributed by atoms with Crippen molar-refractivity contribution < 1.29 is 24.0 Å². The largest absolute Gasteiger partial charge is 0.502 e. The topological polar surface area (TPSA) is 133 Å². The number of ether oxygens (including phenoxy) is 1. The van der Waals surface area contributed by atoms with Gasteiger partial charge >= 0.3 is 5.69 Å². The molecule has 0 radical (unpaired) electrons. The van der Waals surface area contributed by atoms with Crippen molar-refractivity contribution >= 4 is 29.5 Å². The lowest BCUT2D eigenvalue weighted by Gasteiger charge is -2.05. The molecule has 0 unspecified atom stereocenters. The lowest BCUT2D eigenvalue weighted by molar-refractivity contribution is -0.385. The molecule has 144 valence electrons. The summed E-state index contributed by atoms with van der Waals surface area (Å²) >= 11 is 5.03. The average Bonchev–Trinajstić information content (AvgIpc) is 3.01. The summed E-state index contributed by atoms with van der Waals surface area (Å²) in [5.41, 5.74) is -0.367. The minimum Gasteiger partial charge on any atom is -0.502 e. The zero-order valence-electron chi connectivity index (χ0n) is 14.3. The lowest BCUT2D eigenvalue weighted by atomic mass is 10.2. The Bertz CT molecular complexity index is 1060. The molecule has 0 spiro atoms. The van der Waals surface area contributed by atoms with E-state index in [2.05, 4.69) is 10.4 Å². The number of para-hydroxylation sites is 1. The summed E-state index contributed by atoms with van der Waals surface area (Å²) in [4.78, 5) is 22.2. The molecule has 3 rings (SSSR count). The van der Waals surface area contributed by atoms with Gasteiger partial charge in [-0.05, 0) is 36.5 Å². The van der Waals surface area contributed by atoms with Gasteiger partial charge in [0.15, 0.2) is 12.4 Å². The molecule has 0 aliphatic heterocycles. The highest BCUT2D eigenvalue weighted by molar-refractivity contribution is 7.71. The molecule has 1 amide bonds. The third kappa shape index (κ3) is 4.71. The molecule has 2 N–H and O–H groups in total. The fourth-order valence-corrected chi connectivity index (χ4v) is 2.45. The summed E-state index contributed by atoms with van der Waals surface area (Å²) in [5, 5.41) is 26.8. The molecule has 0 atom stereocenters. The van der Waals surface area contributed by atoms with Gasteiger partial charge in [-0.25, -0.2) is 4.68 Å². The zero-order valence-corrected chi connectivity index (χ0v) is 15.1. The molecule has 1 heterocycles. The second-order valence-electron chi connectivity index (χ2n) is 5.53. The van der Waals surface area contributed by atoms with Gasteiger partial charge in [-0.3, -0.25) is 14.9 Å². The highest BCUT2D eigenvalue weighted by atomic mass is 32.1. The number of nitrogens with one attached hydrogen (secondary N) is 1. The number of rotatable bonds is 7. The van der Waals surface area contributed by atoms with Crippen LogP contribution in [0.15, 0.2) is 52.9 Å². The molecule has 0 saturated heterocycles. The number of aromatic hydroxyl groups is 1. The summed E-state index contributed by atoms with van der Waals surface area (Å²) in [6.07, 6.45) is 0. The van der Waals surface area contributed by atoms with Crippen LogP contribution in [0.2, 0.25) is 0 Å². The van der Waals surface area contributed by atoms with Crippen molar-refractivity contribution in [2.75, 3.05) is 5.32 Å². The number of anilines is 1. The number of nitro groups is 1. The SMILES string of the molecule is O=C(Cn1nc(COc2ccccc2)oc1=S)Nc1ccc(O)c([N+](=O)[O-])c1. The second-order valence-corrected chi connectivity index (χ2v) is 5.88.